The van der Waals surface area contributed by atoms with Gasteiger partial charge in [0, 0.05) is 6.20 Å². The Bertz CT molecular complexity index is 1060. The number of hydrogen-bond acceptors (Lipinski definition) is 2. The number of halogens is 2. The molecule has 1 aliphatic rings. The van der Waals surface area contributed by atoms with Gasteiger partial charge in [-0.2, -0.15) is 5.10 Å². The summed E-state index contributed by atoms with van der Waals surface area (Å²) in [7, 11) is 0. The summed E-state index contributed by atoms with van der Waals surface area (Å²) in [4.78, 5) is 4.26. The number of hydrogen-bond donors (Lipinski definition) is 0. The molecule has 0 bridgehead atoms. The van der Waals surface area contributed by atoms with E-state index < -0.39 is 11.6 Å². The van der Waals surface area contributed by atoms with Gasteiger partial charge in [0.1, 0.15) is 6.33 Å². The molecule has 3 aromatic rings. The zero-order valence-electron chi connectivity index (χ0n) is 15.4. The number of aryl methyl sites for hydroxylation is 1. The fourth-order valence-electron chi connectivity index (χ4n) is 3.83. The quantitative estimate of drug-likeness (QED) is 0.614. The van der Waals surface area contributed by atoms with Crippen LogP contribution in [0, 0.1) is 17.6 Å². The van der Waals surface area contributed by atoms with Crippen molar-refractivity contribution in [2.45, 2.75) is 33.1 Å². The van der Waals surface area contributed by atoms with E-state index in [9.17, 15) is 8.78 Å². The number of nitrogens with zero attached hydrogens (tertiary/aromatic N) is 3. The summed E-state index contributed by atoms with van der Waals surface area (Å²) in [5.41, 5.74) is 5.03. The average Bonchev–Trinajstić information content (AvgIpc) is 3.17. The lowest BCUT2D eigenvalue weighted by Crippen LogP contribution is -2.09. The van der Waals surface area contributed by atoms with Gasteiger partial charge in [-0.15, -0.1) is 0 Å². The predicted molar refractivity (Wildman–Crippen MR) is 103 cm³/mol. The Morgan fingerprint density at radius 3 is 2.78 bits per heavy atom. The van der Waals surface area contributed by atoms with Gasteiger partial charge in [-0.25, -0.2) is 18.3 Å². The highest BCUT2D eigenvalue weighted by atomic mass is 19.2. The molecule has 2 heterocycles. The molecule has 0 saturated carbocycles. The first kappa shape index (κ1) is 17.6. The first-order valence-electron chi connectivity index (χ1n) is 9.31. The monoisotopic (exact) mass is 365 g/mol. The van der Waals surface area contributed by atoms with Gasteiger partial charge in [-0.3, -0.25) is 0 Å². The minimum Gasteiger partial charge on any atom is -0.221 e. The highest BCUT2D eigenvalue weighted by Gasteiger charge is 2.23. The second-order valence-corrected chi connectivity index (χ2v) is 6.83. The third kappa shape index (κ3) is 3.07. The summed E-state index contributed by atoms with van der Waals surface area (Å²) in [6.45, 7) is 3.97. The summed E-state index contributed by atoms with van der Waals surface area (Å²) in [6.07, 6.45) is 9.90. The van der Waals surface area contributed by atoms with Gasteiger partial charge in [0.2, 0.25) is 0 Å². The molecule has 0 saturated heterocycles. The van der Waals surface area contributed by atoms with Crippen molar-refractivity contribution >= 4 is 16.8 Å². The topological polar surface area (TPSA) is 30.2 Å². The van der Waals surface area contributed by atoms with Crippen molar-refractivity contribution in [1.29, 1.82) is 0 Å². The van der Waals surface area contributed by atoms with Gasteiger partial charge < -0.3 is 0 Å². The number of allylic oxidation sites excluding steroid dienone is 4. The molecule has 4 rings (SSSR count). The van der Waals surface area contributed by atoms with E-state index in [-0.39, 0.29) is 5.92 Å². The van der Waals surface area contributed by atoms with E-state index in [0.29, 0.717) is 12.0 Å². The molecule has 5 heteroatoms. The SMILES string of the molecule is CCc1cc(C2=C(c3ccn4ncnc4c3)C=CCC2CC)cc(F)c1F. The Kier molecular flexibility index (Phi) is 4.60. The normalized spacial score (nSPS) is 17.1. The number of rotatable bonds is 4. The van der Waals surface area contributed by atoms with E-state index in [1.54, 1.807) is 10.6 Å². The Hall–Kier alpha value is -2.82. The minimum absolute atomic E-state index is 0.258. The molecule has 138 valence electrons. The van der Waals surface area contributed by atoms with Crippen LogP contribution >= 0.6 is 0 Å². The van der Waals surface area contributed by atoms with Crippen LogP contribution in [0.4, 0.5) is 8.78 Å². The maximum Gasteiger partial charge on any atom is 0.162 e. The molecule has 1 atom stereocenters. The largest absolute Gasteiger partial charge is 0.221 e. The molecule has 27 heavy (non-hydrogen) atoms. The maximum absolute atomic E-state index is 14.3. The molecular weight excluding hydrogens is 344 g/mol. The zero-order valence-corrected chi connectivity index (χ0v) is 15.4. The summed E-state index contributed by atoms with van der Waals surface area (Å²) < 4.78 is 30.0. The lowest BCUT2D eigenvalue weighted by Gasteiger charge is -2.26. The second kappa shape index (κ2) is 7.06. The van der Waals surface area contributed by atoms with E-state index in [0.717, 1.165) is 40.8 Å². The van der Waals surface area contributed by atoms with Crippen LogP contribution in [0.25, 0.3) is 16.8 Å². The standard InChI is InChI=1S/C22H21F2N3/c1-3-14-6-5-7-18(16-8-9-27-20(12-16)25-13-26-27)21(14)17-10-15(4-2)22(24)19(23)11-17/h5,7-14H,3-4,6H2,1-2H3. The third-order valence-corrected chi connectivity index (χ3v) is 5.28. The van der Waals surface area contributed by atoms with Crippen LogP contribution in [0.3, 0.4) is 0 Å². The lowest BCUT2D eigenvalue weighted by molar-refractivity contribution is 0.499. The zero-order chi connectivity index (χ0) is 19.0. The molecule has 0 fully saturated rings. The summed E-state index contributed by atoms with van der Waals surface area (Å²) in [6, 6.07) is 7.09. The predicted octanol–water partition coefficient (Wildman–Crippen LogP) is 5.47. The summed E-state index contributed by atoms with van der Waals surface area (Å²) in [5, 5.41) is 4.14. The van der Waals surface area contributed by atoms with E-state index in [2.05, 4.69) is 29.2 Å². The van der Waals surface area contributed by atoms with Gasteiger partial charge in [0.25, 0.3) is 0 Å². The number of fused-ring (bicyclic) bond motifs is 1. The Morgan fingerprint density at radius 2 is 2.00 bits per heavy atom. The molecular formula is C22H21F2N3. The van der Waals surface area contributed by atoms with E-state index >= 15 is 0 Å². The molecule has 1 aliphatic carbocycles. The Morgan fingerprint density at radius 1 is 1.15 bits per heavy atom. The van der Waals surface area contributed by atoms with Crippen LogP contribution in [-0.2, 0) is 6.42 Å². The third-order valence-electron chi connectivity index (χ3n) is 5.28. The van der Waals surface area contributed by atoms with Crippen LogP contribution in [0.1, 0.15) is 43.4 Å². The summed E-state index contributed by atoms with van der Waals surface area (Å²) >= 11 is 0. The molecule has 1 unspecified atom stereocenters. The van der Waals surface area contributed by atoms with Crippen LogP contribution < -0.4 is 0 Å². The molecule has 2 aromatic heterocycles. The lowest BCUT2D eigenvalue weighted by atomic mass is 9.79. The van der Waals surface area contributed by atoms with Gasteiger partial charge in [0.05, 0.1) is 0 Å². The number of pyridine rings is 1. The molecule has 0 aliphatic heterocycles. The molecule has 0 radical (unpaired) electrons. The number of aromatic nitrogens is 3. The summed E-state index contributed by atoms with van der Waals surface area (Å²) in [5.74, 6) is -1.27. The molecule has 1 aromatic carbocycles. The van der Waals surface area contributed by atoms with Crippen molar-refractivity contribution in [1.82, 2.24) is 14.6 Å². The fraction of sp³-hybridized carbons (Fsp3) is 0.273. The van der Waals surface area contributed by atoms with Crippen LogP contribution in [-0.4, -0.2) is 14.6 Å². The second-order valence-electron chi connectivity index (χ2n) is 6.83. The van der Waals surface area contributed by atoms with Crippen LogP contribution in [0.2, 0.25) is 0 Å². The number of benzene rings is 1. The molecule has 0 N–H and O–H groups in total. The van der Waals surface area contributed by atoms with Crippen molar-refractivity contribution in [3.8, 4) is 0 Å². The van der Waals surface area contributed by atoms with Crippen molar-refractivity contribution in [3.63, 3.8) is 0 Å². The maximum atomic E-state index is 14.3. The van der Waals surface area contributed by atoms with Crippen molar-refractivity contribution in [2.75, 3.05) is 0 Å². The van der Waals surface area contributed by atoms with E-state index in [4.69, 9.17) is 0 Å². The first-order chi connectivity index (χ1) is 13.1. The average molecular weight is 365 g/mol. The Labute approximate surface area is 157 Å². The van der Waals surface area contributed by atoms with Crippen molar-refractivity contribution in [2.24, 2.45) is 5.92 Å². The van der Waals surface area contributed by atoms with E-state index in [1.807, 2.05) is 25.3 Å². The van der Waals surface area contributed by atoms with Crippen LogP contribution in [0.15, 0.2) is 48.9 Å². The van der Waals surface area contributed by atoms with Gasteiger partial charge in [-0.05, 0) is 77.3 Å². The van der Waals surface area contributed by atoms with Crippen molar-refractivity contribution < 1.29 is 8.78 Å². The minimum atomic E-state index is -0.784. The highest BCUT2D eigenvalue weighted by molar-refractivity contribution is 5.97. The molecule has 0 spiro atoms. The van der Waals surface area contributed by atoms with Crippen LogP contribution in [0.5, 0.6) is 0 Å². The highest BCUT2D eigenvalue weighted by Crippen LogP contribution is 2.40. The first-order valence-corrected chi connectivity index (χ1v) is 9.31. The fourth-order valence-corrected chi connectivity index (χ4v) is 3.83. The smallest absolute Gasteiger partial charge is 0.162 e. The van der Waals surface area contributed by atoms with Gasteiger partial charge >= 0.3 is 0 Å². The van der Waals surface area contributed by atoms with Crippen molar-refractivity contribution in [3.05, 3.63) is 77.3 Å². The van der Waals surface area contributed by atoms with Gasteiger partial charge in [0.15, 0.2) is 17.3 Å². The molecule has 0 amide bonds. The molecule has 3 nitrogen and oxygen atoms in total. The van der Waals surface area contributed by atoms with E-state index in [1.165, 1.54) is 12.4 Å². The Balaban J connectivity index is 1.95. The van der Waals surface area contributed by atoms with Gasteiger partial charge in [-0.1, -0.05) is 26.0 Å².